The van der Waals surface area contributed by atoms with Crippen molar-refractivity contribution in [1.82, 2.24) is 14.9 Å². The zero-order valence-corrected chi connectivity index (χ0v) is 13.9. The van der Waals surface area contributed by atoms with Gasteiger partial charge < -0.3 is 4.90 Å². The van der Waals surface area contributed by atoms with E-state index in [0.717, 1.165) is 46.5 Å². The van der Waals surface area contributed by atoms with E-state index in [1.807, 2.05) is 67.4 Å². The maximum atomic E-state index is 13.0. The van der Waals surface area contributed by atoms with Crippen LogP contribution in [-0.2, 0) is 0 Å². The Labute approximate surface area is 141 Å². The number of hydrogen-bond acceptors (Lipinski definition) is 3. The zero-order valence-electron chi connectivity index (χ0n) is 13.9. The van der Waals surface area contributed by atoms with E-state index in [1.165, 1.54) is 0 Å². The lowest BCUT2D eigenvalue weighted by Crippen LogP contribution is -2.48. The molecule has 1 aliphatic rings. The fourth-order valence-electron chi connectivity index (χ4n) is 3.27. The smallest absolute Gasteiger partial charge is 0.254 e. The van der Waals surface area contributed by atoms with Gasteiger partial charge in [0.25, 0.3) is 5.91 Å². The average Bonchev–Trinajstić information content (AvgIpc) is 2.54. The van der Waals surface area contributed by atoms with Gasteiger partial charge in [-0.3, -0.25) is 14.8 Å². The molecule has 4 rings (SSSR count). The summed E-state index contributed by atoms with van der Waals surface area (Å²) in [5.41, 5.74) is 4.70. The van der Waals surface area contributed by atoms with Crippen molar-refractivity contribution in [2.75, 3.05) is 13.1 Å². The van der Waals surface area contributed by atoms with Crippen LogP contribution in [-0.4, -0.2) is 33.9 Å². The molecule has 0 bridgehead atoms. The fraction of sp³-hybridized carbons (Fsp3) is 0.250. The molecular formula is C20H19N3O. The van der Waals surface area contributed by atoms with Gasteiger partial charge in [-0.2, -0.15) is 0 Å². The molecule has 0 spiro atoms. The van der Waals surface area contributed by atoms with Crippen molar-refractivity contribution in [1.29, 1.82) is 0 Å². The van der Waals surface area contributed by atoms with Crippen LogP contribution >= 0.6 is 0 Å². The second-order valence-electron chi connectivity index (χ2n) is 6.49. The van der Waals surface area contributed by atoms with E-state index in [2.05, 4.69) is 9.97 Å². The van der Waals surface area contributed by atoms with E-state index in [-0.39, 0.29) is 5.91 Å². The van der Waals surface area contributed by atoms with Gasteiger partial charge >= 0.3 is 0 Å². The third kappa shape index (κ3) is 2.54. The molecular weight excluding hydrogens is 298 g/mol. The molecule has 120 valence electrons. The number of aryl methyl sites for hydroxylation is 2. The summed E-state index contributed by atoms with van der Waals surface area (Å²) in [4.78, 5) is 23.8. The van der Waals surface area contributed by atoms with E-state index < -0.39 is 0 Å². The van der Waals surface area contributed by atoms with E-state index >= 15 is 0 Å². The molecule has 1 fully saturated rings. The summed E-state index contributed by atoms with van der Waals surface area (Å²) in [6, 6.07) is 13.9. The molecule has 3 aromatic rings. The average molecular weight is 317 g/mol. The van der Waals surface area contributed by atoms with Crippen molar-refractivity contribution in [2.24, 2.45) is 0 Å². The minimum Gasteiger partial charge on any atom is -0.337 e. The standard InChI is InChI=1S/C20H19N3O/c1-13-6-7-19-16(9-13)17(10-14(2)22-19)20(24)23-11-15(12-23)18-5-3-4-8-21-18/h3-10,15H,11-12H2,1-2H3. The van der Waals surface area contributed by atoms with Crippen molar-refractivity contribution in [3.05, 3.63) is 71.2 Å². The first kappa shape index (κ1) is 14.8. The lowest BCUT2D eigenvalue weighted by Gasteiger charge is -2.39. The van der Waals surface area contributed by atoms with Crippen LogP contribution < -0.4 is 0 Å². The monoisotopic (exact) mass is 317 g/mol. The molecule has 3 heterocycles. The summed E-state index contributed by atoms with van der Waals surface area (Å²) in [5, 5.41) is 0.937. The van der Waals surface area contributed by atoms with Gasteiger partial charge in [0.05, 0.1) is 11.1 Å². The number of carbonyl (C=O) groups is 1. The van der Waals surface area contributed by atoms with Gasteiger partial charge in [0.15, 0.2) is 0 Å². The largest absolute Gasteiger partial charge is 0.337 e. The van der Waals surface area contributed by atoms with E-state index in [9.17, 15) is 4.79 Å². The topological polar surface area (TPSA) is 46.1 Å². The molecule has 0 N–H and O–H groups in total. The van der Waals surface area contributed by atoms with Gasteiger partial charge in [0, 0.05) is 42.0 Å². The molecule has 1 aromatic carbocycles. The first-order valence-electron chi connectivity index (χ1n) is 8.20. The van der Waals surface area contributed by atoms with E-state index in [0.29, 0.717) is 5.92 Å². The van der Waals surface area contributed by atoms with E-state index in [4.69, 9.17) is 0 Å². The quantitative estimate of drug-likeness (QED) is 0.727. The van der Waals surface area contributed by atoms with Crippen molar-refractivity contribution in [2.45, 2.75) is 19.8 Å². The number of amides is 1. The van der Waals surface area contributed by atoms with Crippen LogP contribution in [0.2, 0.25) is 0 Å². The SMILES string of the molecule is Cc1ccc2nc(C)cc(C(=O)N3CC(c4ccccn4)C3)c2c1. The van der Waals surface area contributed by atoms with Gasteiger partial charge in [-0.1, -0.05) is 17.7 Å². The molecule has 0 saturated carbocycles. The summed E-state index contributed by atoms with van der Waals surface area (Å²) in [6.07, 6.45) is 1.81. The highest BCUT2D eigenvalue weighted by Crippen LogP contribution is 2.29. The lowest BCUT2D eigenvalue weighted by atomic mass is 9.94. The van der Waals surface area contributed by atoms with Crippen molar-refractivity contribution >= 4 is 16.8 Å². The maximum Gasteiger partial charge on any atom is 0.254 e. The van der Waals surface area contributed by atoms with Gasteiger partial charge in [0.1, 0.15) is 0 Å². The predicted molar refractivity (Wildman–Crippen MR) is 94.1 cm³/mol. The molecule has 1 aliphatic heterocycles. The van der Waals surface area contributed by atoms with Crippen LogP contribution in [0.25, 0.3) is 10.9 Å². The molecule has 4 heteroatoms. The minimum absolute atomic E-state index is 0.0864. The molecule has 1 amide bonds. The number of carbonyl (C=O) groups excluding carboxylic acids is 1. The number of nitrogens with zero attached hydrogens (tertiary/aromatic N) is 3. The third-order valence-corrected chi connectivity index (χ3v) is 4.60. The number of pyridine rings is 2. The normalized spacial score (nSPS) is 14.7. The molecule has 1 saturated heterocycles. The Morgan fingerprint density at radius 2 is 1.96 bits per heavy atom. The Morgan fingerprint density at radius 1 is 1.12 bits per heavy atom. The van der Waals surface area contributed by atoms with Crippen LogP contribution in [0.5, 0.6) is 0 Å². The number of rotatable bonds is 2. The number of aromatic nitrogens is 2. The molecule has 0 unspecified atom stereocenters. The summed E-state index contributed by atoms with van der Waals surface area (Å²) in [7, 11) is 0. The van der Waals surface area contributed by atoms with Crippen LogP contribution in [0.3, 0.4) is 0 Å². The first-order valence-corrected chi connectivity index (χ1v) is 8.20. The number of benzene rings is 1. The summed E-state index contributed by atoms with van der Waals surface area (Å²) >= 11 is 0. The van der Waals surface area contributed by atoms with Crippen LogP contribution in [0.1, 0.15) is 33.2 Å². The zero-order chi connectivity index (χ0) is 16.7. The third-order valence-electron chi connectivity index (χ3n) is 4.60. The molecule has 0 aliphatic carbocycles. The fourth-order valence-corrected chi connectivity index (χ4v) is 3.27. The molecule has 2 aromatic heterocycles. The second kappa shape index (κ2) is 5.71. The maximum absolute atomic E-state index is 13.0. The van der Waals surface area contributed by atoms with Gasteiger partial charge in [-0.25, -0.2) is 0 Å². The summed E-state index contributed by atoms with van der Waals surface area (Å²) in [5.74, 6) is 0.425. The molecule has 0 atom stereocenters. The van der Waals surface area contributed by atoms with Crippen molar-refractivity contribution < 1.29 is 4.79 Å². The lowest BCUT2D eigenvalue weighted by molar-refractivity contribution is 0.0600. The number of likely N-dealkylation sites (tertiary alicyclic amines) is 1. The van der Waals surface area contributed by atoms with Gasteiger partial charge in [-0.15, -0.1) is 0 Å². The van der Waals surface area contributed by atoms with Crippen LogP contribution in [0.4, 0.5) is 0 Å². The van der Waals surface area contributed by atoms with Gasteiger partial charge in [0.2, 0.25) is 0 Å². The number of fused-ring (bicyclic) bond motifs is 1. The van der Waals surface area contributed by atoms with Crippen molar-refractivity contribution in [3.8, 4) is 0 Å². The Bertz CT molecular complexity index is 915. The molecule has 0 radical (unpaired) electrons. The number of hydrogen-bond donors (Lipinski definition) is 0. The highest BCUT2D eigenvalue weighted by molar-refractivity contribution is 6.06. The Kier molecular flexibility index (Phi) is 3.53. The Hall–Kier alpha value is -2.75. The molecule has 4 nitrogen and oxygen atoms in total. The van der Waals surface area contributed by atoms with Crippen molar-refractivity contribution in [3.63, 3.8) is 0 Å². The molecule has 24 heavy (non-hydrogen) atoms. The van der Waals surface area contributed by atoms with Gasteiger partial charge in [-0.05, 0) is 44.2 Å². The second-order valence-corrected chi connectivity index (χ2v) is 6.49. The van der Waals surface area contributed by atoms with E-state index in [1.54, 1.807) is 0 Å². The summed E-state index contributed by atoms with van der Waals surface area (Å²) < 4.78 is 0. The highest BCUT2D eigenvalue weighted by atomic mass is 16.2. The minimum atomic E-state index is 0.0864. The Morgan fingerprint density at radius 3 is 2.71 bits per heavy atom. The van der Waals surface area contributed by atoms with Crippen LogP contribution in [0.15, 0.2) is 48.7 Å². The Balaban J connectivity index is 1.62. The predicted octanol–water partition coefficient (Wildman–Crippen LogP) is 3.49. The first-order chi connectivity index (χ1) is 11.6. The highest BCUT2D eigenvalue weighted by Gasteiger charge is 2.33. The van der Waals surface area contributed by atoms with Crippen LogP contribution in [0, 0.1) is 13.8 Å². The summed E-state index contributed by atoms with van der Waals surface area (Å²) in [6.45, 7) is 5.42.